The van der Waals surface area contributed by atoms with Crippen molar-refractivity contribution in [1.82, 2.24) is 0 Å². The highest BCUT2D eigenvalue weighted by Crippen LogP contribution is 2.27. The maximum atomic E-state index is 13.3. The molecule has 0 aromatic heterocycles. The first-order valence-corrected chi connectivity index (χ1v) is 4.01. The Morgan fingerprint density at radius 3 is 2.18 bits per heavy atom. The summed E-state index contributed by atoms with van der Waals surface area (Å²) in [6.07, 6.45) is 0. The van der Waals surface area contributed by atoms with E-state index in [1.807, 2.05) is 13.8 Å². The lowest BCUT2D eigenvalue weighted by Crippen LogP contribution is -2.30. The van der Waals surface area contributed by atoms with Gasteiger partial charge in [0, 0.05) is 6.54 Å². The van der Waals surface area contributed by atoms with Crippen LogP contribution in [0.5, 0.6) is 0 Å². The van der Waals surface area contributed by atoms with Gasteiger partial charge in [-0.2, -0.15) is 0 Å². The van der Waals surface area contributed by atoms with Crippen molar-refractivity contribution in [1.29, 1.82) is 0 Å². The lowest BCUT2D eigenvalue weighted by Gasteiger charge is -2.27. The number of nitrogens with zero attached hydrogens (tertiary/aromatic N) is 1. The first-order valence-electron chi connectivity index (χ1n) is 4.01. The maximum Gasteiger partial charge on any atom is 0.108 e. The number of aliphatic imine (C=N–C) groups is 1. The summed E-state index contributed by atoms with van der Waals surface area (Å²) >= 11 is 0. The monoisotopic (exact) mass is 159 g/mol. The largest absolute Gasteiger partial charge is 0.301 e. The highest BCUT2D eigenvalue weighted by Gasteiger charge is 2.28. The van der Waals surface area contributed by atoms with Crippen molar-refractivity contribution in [3.63, 3.8) is 0 Å². The Kier molecular flexibility index (Phi) is 3.70. The third-order valence-electron chi connectivity index (χ3n) is 2.35. The molecule has 0 saturated heterocycles. The van der Waals surface area contributed by atoms with E-state index in [4.69, 9.17) is 0 Å². The predicted octanol–water partition coefficient (Wildman–Crippen LogP) is 2.71. The van der Waals surface area contributed by atoms with Gasteiger partial charge in [-0.25, -0.2) is 4.39 Å². The average molecular weight is 159 g/mol. The lowest BCUT2D eigenvalue weighted by molar-refractivity contribution is 0.100. The fourth-order valence-corrected chi connectivity index (χ4v) is 1.04. The molecule has 0 aromatic rings. The molecule has 0 heterocycles. The number of halogens is 1. The van der Waals surface area contributed by atoms with Gasteiger partial charge in [0.05, 0.1) is 0 Å². The zero-order valence-electron chi connectivity index (χ0n) is 7.89. The van der Waals surface area contributed by atoms with Crippen molar-refractivity contribution in [2.24, 2.45) is 16.8 Å². The first kappa shape index (κ1) is 10.6. The van der Waals surface area contributed by atoms with Crippen LogP contribution in [0.4, 0.5) is 4.39 Å². The van der Waals surface area contributed by atoms with Gasteiger partial charge < -0.3 is 4.99 Å². The Bertz CT molecular complexity index is 126. The molecule has 0 spiro atoms. The van der Waals surface area contributed by atoms with Gasteiger partial charge in [0.1, 0.15) is 5.67 Å². The van der Waals surface area contributed by atoms with Crippen LogP contribution in [0, 0.1) is 11.8 Å². The highest BCUT2D eigenvalue weighted by molar-refractivity contribution is 5.23. The summed E-state index contributed by atoms with van der Waals surface area (Å²) in [5.74, 6) is 0.306. The second kappa shape index (κ2) is 3.84. The summed E-state index contributed by atoms with van der Waals surface area (Å²) in [5.41, 5.74) is -1.11. The number of alkyl halides is 1. The molecule has 0 fully saturated rings. The summed E-state index contributed by atoms with van der Waals surface area (Å²) in [5, 5.41) is 0. The summed E-state index contributed by atoms with van der Waals surface area (Å²) in [6.45, 7) is 11.2. The number of hydrogen-bond donors (Lipinski definition) is 0. The summed E-state index contributed by atoms with van der Waals surface area (Å²) in [4.78, 5) is 3.75. The van der Waals surface area contributed by atoms with Crippen molar-refractivity contribution in [3.8, 4) is 0 Å². The van der Waals surface area contributed by atoms with Gasteiger partial charge in [0.2, 0.25) is 0 Å². The van der Waals surface area contributed by atoms with Gasteiger partial charge in [0.15, 0.2) is 0 Å². The van der Waals surface area contributed by atoms with Crippen LogP contribution in [0.15, 0.2) is 4.99 Å². The van der Waals surface area contributed by atoms with Crippen LogP contribution < -0.4 is 0 Å². The van der Waals surface area contributed by atoms with E-state index in [0.717, 1.165) is 0 Å². The molecule has 0 aliphatic carbocycles. The van der Waals surface area contributed by atoms with Crippen molar-refractivity contribution < 1.29 is 4.39 Å². The topological polar surface area (TPSA) is 12.4 Å². The van der Waals surface area contributed by atoms with E-state index in [9.17, 15) is 4.39 Å². The van der Waals surface area contributed by atoms with E-state index >= 15 is 0 Å². The van der Waals surface area contributed by atoms with Gasteiger partial charge in [-0.15, -0.1) is 0 Å². The minimum atomic E-state index is -1.11. The normalized spacial score (nSPS) is 17.5. The van der Waals surface area contributed by atoms with Crippen LogP contribution in [-0.2, 0) is 0 Å². The molecule has 2 atom stereocenters. The van der Waals surface area contributed by atoms with Gasteiger partial charge in [-0.05, 0) is 32.4 Å². The molecule has 0 aromatic carbocycles. The zero-order valence-corrected chi connectivity index (χ0v) is 7.89. The third-order valence-corrected chi connectivity index (χ3v) is 2.35. The summed E-state index contributed by atoms with van der Waals surface area (Å²) < 4.78 is 13.3. The molecular weight excluding hydrogens is 141 g/mol. The van der Waals surface area contributed by atoms with E-state index in [-0.39, 0.29) is 11.8 Å². The molecule has 0 radical (unpaired) electrons. The Labute approximate surface area is 68.7 Å². The van der Waals surface area contributed by atoms with Crippen molar-refractivity contribution >= 4 is 6.72 Å². The molecule has 0 bridgehead atoms. The van der Waals surface area contributed by atoms with Crippen LogP contribution in [-0.4, -0.2) is 18.9 Å². The predicted molar refractivity (Wildman–Crippen MR) is 47.9 cm³/mol. The Morgan fingerprint density at radius 1 is 1.45 bits per heavy atom. The van der Waals surface area contributed by atoms with Crippen LogP contribution in [0.25, 0.3) is 0 Å². The van der Waals surface area contributed by atoms with E-state index in [2.05, 4.69) is 11.7 Å². The average Bonchev–Trinajstić information content (AvgIpc) is 1.85. The Balaban J connectivity index is 4.01. The molecule has 0 aliphatic rings. The first-order chi connectivity index (χ1) is 4.89. The highest BCUT2D eigenvalue weighted by atomic mass is 19.1. The molecule has 2 heteroatoms. The molecule has 0 unspecified atom stereocenters. The minimum Gasteiger partial charge on any atom is -0.301 e. The molecule has 0 aliphatic heterocycles. The van der Waals surface area contributed by atoms with Gasteiger partial charge in [0.25, 0.3) is 0 Å². The molecule has 0 amide bonds. The fourth-order valence-electron chi connectivity index (χ4n) is 1.04. The van der Waals surface area contributed by atoms with Crippen LogP contribution in [0.2, 0.25) is 0 Å². The lowest BCUT2D eigenvalue weighted by atomic mass is 9.84. The minimum absolute atomic E-state index is 0.0352. The molecule has 66 valence electrons. The molecule has 11 heavy (non-hydrogen) atoms. The molecule has 0 rings (SSSR count). The van der Waals surface area contributed by atoms with E-state index in [1.54, 1.807) is 13.8 Å². The van der Waals surface area contributed by atoms with E-state index in [1.165, 1.54) is 0 Å². The molecule has 1 nitrogen and oxygen atoms in total. The van der Waals surface area contributed by atoms with Crippen molar-refractivity contribution in [2.45, 2.75) is 33.4 Å². The van der Waals surface area contributed by atoms with E-state index in [0.29, 0.717) is 6.54 Å². The van der Waals surface area contributed by atoms with Crippen molar-refractivity contribution in [2.75, 3.05) is 6.54 Å². The quantitative estimate of drug-likeness (QED) is 0.559. The Morgan fingerprint density at radius 2 is 1.91 bits per heavy atom. The summed E-state index contributed by atoms with van der Waals surface area (Å²) in [6, 6.07) is 0. The van der Waals surface area contributed by atoms with Gasteiger partial charge >= 0.3 is 0 Å². The SMILES string of the molecule is C=NC[C@H](C)[C@@H](C)C(C)(C)F. The molecule has 0 saturated carbocycles. The number of rotatable bonds is 4. The van der Waals surface area contributed by atoms with Crippen LogP contribution in [0.1, 0.15) is 27.7 Å². The Hall–Kier alpha value is -0.400. The second-order valence-electron chi connectivity index (χ2n) is 3.74. The summed E-state index contributed by atoms with van der Waals surface area (Å²) in [7, 11) is 0. The van der Waals surface area contributed by atoms with Gasteiger partial charge in [-0.3, -0.25) is 0 Å². The van der Waals surface area contributed by atoms with Crippen LogP contribution >= 0.6 is 0 Å². The fraction of sp³-hybridized carbons (Fsp3) is 0.889. The van der Waals surface area contributed by atoms with E-state index < -0.39 is 5.67 Å². The molecule has 0 N–H and O–H groups in total. The standard InChI is InChI=1S/C9H18FN/c1-7(6-11-5)8(2)9(3,4)10/h7-8H,5-6H2,1-4H3/t7-,8+/m0/s1. The maximum absolute atomic E-state index is 13.3. The second-order valence-corrected chi connectivity index (χ2v) is 3.74. The number of hydrogen-bond acceptors (Lipinski definition) is 1. The van der Waals surface area contributed by atoms with Crippen molar-refractivity contribution in [3.05, 3.63) is 0 Å². The third kappa shape index (κ3) is 3.49. The smallest absolute Gasteiger partial charge is 0.108 e. The zero-order chi connectivity index (χ0) is 9.07. The van der Waals surface area contributed by atoms with Crippen LogP contribution in [0.3, 0.4) is 0 Å². The van der Waals surface area contributed by atoms with Gasteiger partial charge in [-0.1, -0.05) is 13.8 Å². The molecular formula is C9H18FN.